The fourth-order valence-electron chi connectivity index (χ4n) is 3.17. The zero-order valence-corrected chi connectivity index (χ0v) is 15.3. The summed E-state index contributed by atoms with van der Waals surface area (Å²) in [5, 5.41) is 4.17. The summed E-state index contributed by atoms with van der Waals surface area (Å²) in [5.74, 6) is 1.19. The molecule has 2 aromatic carbocycles. The van der Waals surface area contributed by atoms with Crippen molar-refractivity contribution in [1.29, 1.82) is 0 Å². The van der Waals surface area contributed by atoms with E-state index in [-0.39, 0.29) is 11.8 Å². The van der Waals surface area contributed by atoms with Gasteiger partial charge in [-0.1, -0.05) is 37.3 Å². The molecule has 0 bridgehead atoms. The van der Waals surface area contributed by atoms with E-state index in [0.29, 0.717) is 24.5 Å². The molecule has 1 unspecified atom stereocenters. The van der Waals surface area contributed by atoms with Gasteiger partial charge < -0.3 is 19.8 Å². The Kier molecular flexibility index (Phi) is 5.46. The highest BCUT2D eigenvalue weighted by Gasteiger charge is 2.17. The number of fused-ring (bicyclic) bond motifs is 1. The number of rotatable bonds is 7. The van der Waals surface area contributed by atoms with Crippen LogP contribution in [0.3, 0.4) is 0 Å². The van der Waals surface area contributed by atoms with E-state index in [1.807, 2.05) is 49.5 Å². The summed E-state index contributed by atoms with van der Waals surface area (Å²) in [5.41, 5.74) is 3.14. The SMILES string of the molecule is COc1cccc(CNC(=O)C(C)Cc2c[nH]c3ccccc23)c1OC. The van der Waals surface area contributed by atoms with E-state index in [4.69, 9.17) is 9.47 Å². The molecule has 0 saturated carbocycles. The molecule has 2 N–H and O–H groups in total. The van der Waals surface area contributed by atoms with E-state index in [9.17, 15) is 4.79 Å². The van der Waals surface area contributed by atoms with Gasteiger partial charge in [0.15, 0.2) is 11.5 Å². The number of carbonyl (C=O) groups excluding carboxylic acids is 1. The molecule has 1 amide bonds. The van der Waals surface area contributed by atoms with Crippen LogP contribution >= 0.6 is 0 Å². The maximum Gasteiger partial charge on any atom is 0.223 e. The molecule has 1 heterocycles. The maximum absolute atomic E-state index is 12.5. The Bertz CT molecular complexity index is 901. The summed E-state index contributed by atoms with van der Waals surface area (Å²) in [6.45, 7) is 2.34. The summed E-state index contributed by atoms with van der Waals surface area (Å²) in [4.78, 5) is 15.8. The number of carbonyl (C=O) groups is 1. The quantitative estimate of drug-likeness (QED) is 0.682. The Morgan fingerprint density at radius 2 is 1.88 bits per heavy atom. The van der Waals surface area contributed by atoms with Gasteiger partial charge in [-0.3, -0.25) is 4.79 Å². The third-order valence-corrected chi connectivity index (χ3v) is 4.59. The van der Waals surface area contributed by atoms with Crippen molar-refractivity contribution in [1.82, 2.24) is 10.3 Å². The molecule has 0 fully saturated rings. The number of ether oxygens (including phenoxy) is 2. The van der Waals surface area contributed by atoms with Gasteiger partial charge in [-0.05, 0) is 24.1 Å². The fraction of sp³-hybridized carbons (Fsp3) is 0.286. The second-order valence-electron chi connectivity index (χ2n) is 6.34. The molecular formula is C21H24N2O3. The number of H-pyrrole nitrogens is 1. The Morgan fingerprint density at radius 3 is 2.65 bits per heavy atom. The van der Waals surface area contributed by atoms with Crippen LogP contribution in [0.5, 0.6) is 11.5 Å². The topological polar surface area (TPSA) is 63.3 Å². The molecule has 3 aromatic rings. The van der Waals surface area contributed by atoms with Crippen LogP contribution in [0.4, 0.5) is 0 Å². The van der Waals surface area contributed by atoms with Crippen LogP contribution in [0, 0.1) is 5.92 Å². The molecule has 0 spiro atoms. The van der Waals surface area contributed by atoms with Crippen LogP contribution in [0.2, 0.25) is 0 Å². The molecule has 0 radical (unpaired) electrons. The highest BCUT2D eigenvalue weighted by Crippen LogP contribution is 2.30. The molecule has 136 valence electrons. The number of nitrogens with one attached hydrogen (secondary N) is 2. The predicted octanol–water partition coefficient (Wildman–Crippen LogP) is 3.68. The number of aromatic amines is 1. The average molecular weight is 352 g/mol. The van der Waals surface area contributed by atoms with E-state index in [1.54, 1.807) is 14.2 Å². The van der Waals surface area contributed by atoms with Crippen molar-refractivity contribution < 1.29 is 14.3 Å². The molecule has 0 aliphatic rings. The standard InChI is InChI=1S/C21H24N2O3/c1-14(11-16-13-22-18-9-5-4-8-17(16)18)21(24)23-12-15-7-6-10-19(25-2)20(15)26-3/h4-10,13-14,22H,11-12H2,1-3H3,(H,23,24). The van der Waals surface area contributed by atoms with Crippen molar-refractivity contribution >= 4 is 16.8 Å². The summed E-state index contributed by atoms with van der Waals surface area (Å²) in [7, 11) is 3.20. The first-order valence-corrected chi connectivity index (χ1v) is 8.66. The molecule has 0 aliphatic carbocycles. The minimum atomic E-state index is -0.134. The third kappa shape index (κ3) is 3.67. The lowest BCUT2D eigenvalue weighted by Gasteiger charge is -2.15. The predicted molar refractivity (Wildman–Crippen MR) is 103 cm³/mol. The van der Waals surface area contributed by atoms with E-state index < -0.39 is 0 Å². The summed E-state index contributed by atoms with van der Waals surface area (Å²) in [6.07, 6.45) is 2.67. The van der Waals surface area contributed by atoms with Crippen LogP contribution in [-0.2, 0) is 17.8 Å². The van der Waals surface area contributed by atoms with E-state index in [2.05, 4.69) is 16.4 Å². The smallest absolute Gasteiger partial charge is 0.223 e. The van der Waals surface area contributed by atoms with E-state index in [0.717, 1.165) is 16.6 Å². The number of para-hydroxylation sites is 2. The monoisotopic (exact) mass is 352 g/mol. The summed E-state index contributed by atoms with van der Waals surface area (Å²) < 4.78 is 10.7. The van der Waals surface area contributed by atoms with Gasteiger partial charge in [-0.2, -0.15) is 0 Å². The van der Waals surface area contributed by atoms with Gasteiger partial charge in [0.1, 0.15) is 0 Å². The van der Waals surface area contributed by atoms with Crippen molar-refractivity contribution in [3.63, 3.8) is 0 Å². The van der Waals surface area contributed by atoms with Crippen LogP contribution in [0.1, 0.15) is 18.1 Å². The highest BCUT2D eigenvalue weighted by molar-refractivity contribution is 5.84. The van der Waals surface area contributed by atoms with Crippen molar-refractivity contribution in [3.05, 3.63) is 59.8 Å². The lowest BCUT2D eigenvalue weighted by molar-refractivity contribution is -0.124. The largest absolute Gasteiger partial charge is 0.493 e. The normalized spacial score (nSPS) is 12.0. The van der Waals surface area contributed by atoms with Gasteiger partial charge in [0.05, 0.1) is 14.2 Å². The lowest BCUT2D eigenvalue weighted by atomic mass is 10.00. The van der Waals surface area contributed by atoms with Crippen molar-refractivity contribution in [2.75, 3.05) is 14.2 Å². The van der Waals surface area contributed by atoms with E-state index >= 15 is 0 Å². The minimum absolute atomic E-state index is 0.0140. The lowest BCUT2D eigenvalue weighted by Crippen LogP contribution is -2.30. The van der Waals surface area contributed by atoms with Crippen LogP contribution < -0.4 is 14.8 Å². The molecule has 3 rings (SSSR count). The molecule has 5 heteroatoms. The molecule has 1 aromatic heterocycles. The van der Waals surface area contributed by atoms with Crippen molar-refractivity contribution in [3.8, 4) is 11.5 Å². The Balaban J connectivity index is 1.65. The van der Waals surface area contributed by atoms with Gasteiger partial charge in [0.2, 0.25) is 5.91 Å². The van der Waals surface area contributed by atoms with Gasteiger partial charge in [-0.25, -0.2) is 0 Å². The first-order valence-electron chi connectivity index (χ1n) is 8.66. The molecule has 0 aliphatic heterocycles. The van der Waals surface area contributed by atoms with Crippen molar-refractivity contribution in [2.24, 2.45) is 5.92 Å². The van der Waals surface area contributed by atoms with E-state index in [1.165, 1.54) is 5.39 Å². The van der Waals surface area contributed by atoms with Gasteiger partial charge in [0.25, 0.3) is 0 Å². The Labute approximate surface area is 153 Å². The number of benzene rings is 2. The number of methoxy groups -OCH3 is 2. The van der Waals surface area contributed by atoms with Crippen molar-refractivity contribution in [2.45, 2.75) is 19.9 Å². The number of amides is 1. The Morgan fingerprint density at radius 1 is 1.08 bits per heavy atom. The molecule has 1 atom stereocenters. The molecule has 5 nitrogen and oxygen atoms in total. The number of aromatic nitrogens is 1. The molecule has 26 heavy (non-hydrogen) atoms. The third-order valence-electron chi connectivity index (χ3n) is 4.59. The first-order chi connectivity index (χ1) is 12.6. The van der Waals surface area contributed by atoms with Crippen LogP contribution in [-0.4, -0.2) is 25.1 Å². The Hall–Kier alpha value is -2.95. The average Bonchev–Trinajstić information content (AvgIpc) is 3.08. The second-order valence-corrected chi connectivity index (χ2v) is 6.34. The number of hydrogen-bond acceptors (Lipinski definition) is 3. The number of hydrogen-bond donors (Lipinski definition) is 2. The fourth-order valence-corrected chi connectivity index (χ4v) is 3.17. The molecular weight excluding hydrogens is 328 g/mol. The van der Waals surface area contributed by atoms with Crippen LogP contribution in [0.25, 0.3) is 10.9 Å². The molecule has 0 saturated heterocycles. The first kappa shape index (κ1) is 17.9. The van der Waals surface area contributed by atoms with Gasteiger partial charge >= 0.3 is 0 Å². The zero-order valence-electron chi connectivity index (χ0n) is 15.3. The maximum atomic E-state index is 12.5. The minimum Gasteiger partial charge on any atom is -0.493 e. The zero-order chi connectivity index (χ0) is 18.5. The van der Waals surface area contributed by atoms with Gasteiger partial charge in [-0.15, -0.1) is 0 Å². The van der Waals surface area contributed by atoms with Gasteiger partial charge in [0, 0.05) is 35.1 Å². The second kappa shape index (κ2) is 7.95. The van der Waals surface area contributed by atoms with Crippen LogP contribution in [0.15, 0.2) is 48.7 Å². The summed E-state index contributed by atoms with van der Waals surface area (Å²) in [6, 6.07) is 13.8. The highest BCUT2D eigenvalue weighted by atomic mass is 16.5. The summed E-state index contributed by atoms with van der Waals surface area (Å²) >= 11 is 0.